The first-order chi connectivity index (χ1) is 13.0. The number of carbonyl (C=O) groups excluding carboxylic acids is 1. The van der Waals surface area contributed by atoms with Gasteiger partial charge in [0.25, 0.3) is 5.91 Å². The third-order valence-corrected chi connectivity index (χ3v) is 5.35. The summed E-state index contributed by atoms with van der Waals surface area (Å²) in [5, 5.41) is 8.10. The Morgan fingerprint density at radius 1 is 1.33 bits per heavy atom. The van der Waals surface area contributed by atoms with Gasteiger partial charge in [-0.2, -0.15) is 5.10 Å². The molecule has 0 radical (unpaired) electrons. The van der Waals surface area contributed by atoms with Crippen LogP contribution < -0.4 is 10.1 Å². The van der Waals surface area contributed by atoms with Gasteiger partial charge in [0.2, 0.25) is 0 Å². The molecule has 1 N–H and O–H groups in total. The van der Waals surface area contributed by atoms with Crippen LogP contribution in [0.5, 0.6) is 5.75 Å². The van der Waals surface area contributed by atoms with Crippen LogP contribution in [0.1, 0.15) is 34.1 Å². The van der Waals surface area contributed by atoms with Crippen LogP contribution in [0.4, 0.5) is 0 Å². The first-order valence-corrected chi connectivity index (χ1v) is 9.73. The number of rotatable bonds is 3. The van der Waals surface area contributed by atoms with Crippen LogP contribution >= 0.6 is 27.5 Å². The maximum atomic E-state index is 12.9. The van der Waals surface area contributed by atoms with Crippen molar-refractivity contribution in [2.24, 2.45) is 0 Å². The van der Waals surface area contributed by atoms with Crippen LogP contribution in [-0.2, 0) is 0 Å². The molecule has 2 aromatic carbocycles. The minimum atomic E-state index is -0.154. The summed E-state index contributed by atoms with van der Waals surface area (Å²) in [4.78, 5) is 12.9. The number of halogens is 2. The molecule has 1 unspecified atom stereocenters. The average molecular weight is 447 g/mol. The van der Waals surface area contributed by atoms with Crippen molar-refractivity contribution in [2.75, 3.05) is 6.61 Å². The molecule has 7 heteroatoms. The Hall–Kier alpha value is -2.31. The number of hydrogen-bond donors (Lipinski definition) is 1. The molecular formula is C20H17BrClN3O2. The molecule has 1 aliphatic heterocycles. The van der Waals surface area contributed by atoms with Crippen molar-refractivity contribution in [1.82, 2.24) is 15.1 Å². The van der Waals surface area contributed by atoms with Crippen molar-refractivity contribution in [3.05, 3.63) is 75.0 Å². The molecule has 1 amide bonds. The van der Waals surface area contributed by atoms with Crippen LogP contribution in [-0.4, -0.2) is 22.3 Å². The molecule has 4 rings (SSSR count). The highest BCUT2D eigenvalue weighted by molar-refractivity contribution is 9.10. The molecule has 1 aliphatic rings. The normalized spacial score (nSPS) is 15.7. The van der Waals surface area contributed by atoms with E-state index in [9.17, 15) is 4.79 Å². The van der Waals surface area contributed by atoms with Gasteiger partial charge in [0, 0.05) is 21.5 Å². The smallest absolute Gasteiger partial charge is 0.255 e. The van der Waals surface area contributed by atoms with Gasteiger partial charge in [-0.25, -0.2) is 4.68 Å². The third-order valence-electron chi connectivity index (χ3n) is 4.62. The molecule has 0 saturated heterocycles. The number of ether oxygens (including phenoxy) is 1. The minimum Gasteiger partial charge on any atom is -0.493 e. The molecule has 1 atom stereocenters. The van der Waals surface area contributed by atoms with E-state index >= 15 is 0 Å². The van der Waals surface area contributed by atoms with E-state index in [0.717, 1.165) is 33.6 Å². The molecule has 0 spiro atoms. The number of aromatic nitrogens is 2. The molecule has 0 aliphatic carbocycles. The molecule has 1 aromatic heterocycles. The molecule has 27 heavy (non-hydrogen) atoms. The average Bonchev–Trinajstić information content (AvgIpc) is 3.04. The van der Waals surface area contributed by atoms with E-state index in [-0.39, 0.29) is 11.9 Å². The predicted molar refractivity (Wildman–Crippen MR) is 108 cm³/mol. The summed E-state index contributed by atoms with van der Waals surface area (Å²) in [6.45, 7) is 2.44. The lowest BCUT2D eigenvalue weighted by molar-refractivity contribution is 0.0924. The summed E-state index contributed by atoms with van der Waals surface area (Å²) < 4.78 is 8.36. The van der Waals surface area contributed by atoms with Crippen molar-refractivity contribution in [2.45, 2.75) is 19.4 Å². The second kappa shape index (κ2) is 7.37. The van der Waals surface area contributed by atoms with E-state index in [2.05, 4.69) is 26.3 Å². The number of amides is 1. The van der Waals surface area contributed by atoms with E-state index in [1.54, 1.807) is 16.9 Å². The highest BCUT2D eigenvalue weighted by atomic mass is 79.9. The van der Waals surface area contributed by atoms with Crippen molar-refractivity contribution >= 4 is 33.4 Å². The van der Waals surface area contributed by atoms with E-state index in [4.69, 9.17) is 16.3 Å². The van der Waals surface area contributed by atoms with E-state index in [1.165, 1.54) is 0 Å². The van der Waals surface area contributed by atoms with Gasteiger partial charge in [-0.05, 0) is 43.3 Å². The lowest BCUT2D eigenvalue weighted by Crippen LogP contribution is -2.32. The monoisotopic (exact) mass is 445 g/mol. The number of hydrogen-bond acceptors (Lipinski definition) is 3. The van der Waals surface area contributed by atoms with Crippen LogP contribution in [0, 0.1) is 6.92 Å². The Bertz CT molecular complexity index is 1020. The molecule has 0 saturated carbocycles. The number of carbonyl (C=O) groups is 1. The summed E-state index contributed by atoms with van der Waals surface area (Å²) in [6.07, 6.45) is 2.31. The summed E-state index contributed by atoms with van der Waals surface area (Å²) >= 11 is 9.55. The van der Waals surface area contributed by atoms with Gasteiger partial charge in [-0.1, -0.05) is 33.6 Å². The SMILES string of the molecule is Cc1c(C(=O)NC2CCOc3ccc(Br)cc32)cnn1-c1cccc(Cl)c1. The quantitative estimate of drug-likeness (QED) is 0.626. The van der Waals surface area contributed by atoms with Crippen LogP contribution in [0.15, 0.2) is 53.1 Å². The highest BCUT2D eigenvalue weighted by Crippen LogP contribution is 2.34. The van der Waals surface area contributed by atoms with Crippen molar-refractivity contribution < 1.29 is 9.53 Å². The van der Waals surface area contributed by atoms with E-state index in [0.29, 0.717) is 17.2 Å². The zero-order valence-electron chi connectivity index (χ0n) is 14.6. The van der Waals surface area contributed by atoms with E-state index in [1.807, 2.05) is 43.3 Å². The Balaban J connectivity index is 1.59. The lowest BCUT2D eigenvalue weighted by atomic mass is 10.00. The molecular weight excluding hydrogens is 430 g/mol. The lowest BCUT2D eigenvalue weighted by Gasteiger charge is -2.27. The van der Waals surface area contributed by atoms with Gasteiger partial charge in [0.1, 0.15) is 5.75 Å². The standard InChI is InChI=1S/C20H17BrClN3O2/c1-12-17(11-23-25(12)15-4-2-3-14(22)10-15)20(26)24-18-7-8-27-19-6-5-13(21)9-16(18)19/h2-6,9-11,18H,7-8H2,1H3,(H,24,26). The first kappa shape index (κ1) is 18.1. The van der Waals surface area contributed by atoms with E-state index < -0.39 is 0 Å². The third kappa shape index (κ3) is 3.59. The molecule has 0 fully saturated rings. The van der Waals surface area contributed by atoms with Gasteiger partial charge in [0.05, 0.1) is 35.8 Å². The molecule has 138 valence electrons. The molecule has 5 nitrogen and oxygen atoms in total. The Morgan fingerprint density at radius 3 is 3.00 bits per heavy atom. The van der Waals surface area contributed by atoms with Gasteiger partial charge in [-0.15, -0.1) is 0 Å². The van der Waals surface area contributed by atoms with Gasteiger partial charge >= 0.3 is 0 Å². The predicted octanol–water partition coefficient (Wildman–Crippen LogP) is 4.85. The largest absolute Gasteiger partial charge is 0.493 e. The topological polar surface area (TPSA) is 56.1 Å². The molecule has 2 heterocycles. The summed E-state index contributed by atoms with van der Waals surface area (Å²) in [5.74, 6) is 0.652. The molecule has 3 aromatic rings. The van der Waals surface area contributed by atoms with Crippen molar-refractivity contribution in [3.63, 3.8) is 0 Å². The second-order valence-corrected chi connectivity index (χ2v) is 7.73. The summed E-state index contributed by atoms with van der Waals surface area (Å²) in [6, 6.07) is 13.1. The number of benzene rings is 2. The minimum absolute atomic E-state index is 0.104. The fraction of sp³-hybridized carbons (Fsp3) is 0.200. The maximum Gasteiger partial charge on any atom is 0.255 e. The van der Waals surface area contributed by atoms with Crippen LogP contribution in [0.25, 0.3) is 5.69 Å². The van der Waals surface area contributed by atoms with Gasteiger partial charge in [-0.3, -0.25) is 4.79 Å². The Morgan fingerprint density at radius 2 is 2.19 bits per heavy atom. The van der Waals surface area contributed by atoms with Crippen molar-refractivity contribution in [1.29, 1.82) is 0 Å². The zero-order chi connectivity index (χ0) is 19.0. The first-order valence-electron chi connectivity index (χ1n) is 8.56. The number of nitrogens with zero attached hydrogens (tertiary/aromatic N) is 2. The second-order valence-electron chi connectivity index (χ2n) is 6.38. The number of fused-ring (bicyclic) bond motifs is 1. The maximum absolute atomic E-state index is 12.9. The summed E-state index contributed by atoms with van der Waals surface area (Å²) in [5.41, 5.74) is 3.09. The Labute approximate surface area is 170 Å². The molecule has 0 bridgehead atoms. The van der Waals surface area contributed by atoms with Gasteiger partial charge in [0.15, 0.2) is 0 Å². The fourth-order valence-electron chi connectivity index (χ4n) is 3.25. The number of nitrogens with one attached hydrogen (secondary N) is 1. The van der Waals surface area contributed by atoms with Crippen LogP contribution in [0.2, 0.25) is 5.02 Å². The zero-order valence-corrected chi connectivity index (χ0v) is 16.9. The van der Waals surface area contributed by atoms with Crippen LogP contribution in [0.3, 0.4) is 0 Å². The van der Waals surface area contributed by atoms with Gasteiger partial charge < -0.3 is 10.1 Å². The highest BCUT2D eigenvalue weighted by Gasteiger charge is 2.25. The van der Waals surface area contributed by atoms with Crippen molar-refractivity contribution in [3.8, 4) is 11.4 Å². The summed E-state index contributed by atoms with van der Waals surface area (Å²) in [7, 11) is 0. The Kier molecular flexibility index (Phi) is 4.93. The fourth-order valence-corrected chi connectivity index (χ4v) is 3.82.